The van der Waals surface area contributed by atoms with Gasteiger partial charge < -0.3 is 14.7 Å². The average molecular weight is 357 g/mol. The van der Waals surface area contributed by atoms with Crippen LogP contribution in [-0.4, -0.2) is 61.6 Å². The van der Waals surface area contributed by atoms with Crippen molar-refractivity contribution >= 4 is 24.1 Å². The highest BCUT2D eigenvalue weighted by atomic mass is 35.5. The molecule has 134 valence electrons. The van der Waals surface area contributed by atoms with Crippen molar-refractivity contribution < 1.29 is 19.5 Å². The molecular formula is C17H25ClN2O4. The number of nitrogens with zero attached hydrogens (tertiary/aromatic N) is 2. The minimum Gasteiger partial charge on any atom is -0.481 e. The molecular weight excluding hydrogens is 332 g/mol. The minimum atomic E-state index is -0.708. The van der Waals surface area contributed by atoms with Gasteiger partial charge in [-0.15, -0.1) is 12.4 Å². The van der Waals surface area contributed by atoms with Gasteiger partial charge in [-0.2, -0.15) is 0 Å². The van der Waals surface area contributed by atoms with Gasteiger partial charge in [0.25, 0.3) is 0 Å². The molecule has 24 heavy (non-hydrogen) atoms. The molecule has 0 saturated carbocycles. The number of piperidine rings is 1. The molecule has 2 rings (SSSR count). The molecule has 1 aromatic rings. The average Bonchev–Trinajstić information content (AvgIpc) is 2.58. The van der Waals surface area contributed by atoms with Crippen LogP contribution in [-0.2, 0) is 14.4 Å². The highest BCUT2D eigenvalue weighted by Crippen LogP contribution is 2.16. The number of benzene rings is 1. The Labute approximate surface area is 148 Å². The van der Waals surface area contributed by atoms with E-state index in [2.05, 4.69) is 10.1 Å². The lowest BCUT2D eigenvalue weighted by molar-refractivity contribution is -0.143. The van der Waals surface area contributed by atoms with Crippen molar-refractivity contribution in [2.45, 2.75) is 12.8 Å². The van der Waals surface area contributed by atoms with Gasteiger partial charge in [0.2, 0.25) is 0 Å². The van der Waals surface area contributed by atoms with Crippen molar-refractivity contribution in [3.8, 4) is 0 Å². The molecule has 6 nitrogen and oxygen atoms in total. The van der Waals surface area contributed by atoms with Gasteiger partial charge in [-0.25, -0.2) is 0 Å². The topological polar surface area (TPSA) is 71.4 Å². The summed E-state index contributed by atoms with van der Waals surface area (Å²) in [6.07, 6.45) is 1.68. The lowest BCUT2D eigenvalue weighted by atomic mass is 9.98. The molecule has 0 radical (unpaired) electrons. The number of carboxylic acids is 1. The second-order valence-corrected chi connectivity index (χ2v) is 5.65. The summed E-state index contributed by atoms with van der Waals surface area (Å²) in [5.41, 5.74) is 1.72. The first-order valence-corrected chi connectivity index (χ1v) is 7.89. The Balaban J connectivity index is 0.00000288. The van der Waals surface area contributed by atoms with E-state index in [0.717, 1.165) is 30.7 Å². The maximum absolute atomic E-state index is 11.1. The number of ether oxygens (including phenoxy) is 1. The van der Waals surface area contributed by atoms with Crippen molar-refractivity contribution in [2.75, 3.05) is 40.0 Å². The largest absolute Gasteiger partial charge is 0.481 e. The van der Waals surface area contributed by atoms with Crippen LogP contribution in [0.3, 0.4) is 0 Å². The number of hydrogen-bond acceptors (Lipinski definition) is 5. The zero-order valence-corrected chi connectivity index (χ0v) is 14.7. The van der Waals surface area contributed by atoms with Gasteiger partial charge in [0.1, 0.15) is 12.3 Å². The van der Waals surface area contributed by atoms with Crippen molar-refractivity contribution in [3.63, 3.8) is 0 Å². The second kappa shape index (κ2) is 11.0. The van der Waals surface area contributed by atoms with Crippen molar-refractivity contribution in [1.82, 2.24) is 4.90 Å². The van der Waals surface area contributed by atoms with Crippen LogP contribution >= 0.6 is 12.4 Å². The summed E-state index contributed by atoms with van der Waals surface area (Å²) in [7, 11) is 1.62. The molecule has 1 atom stereocenters. The summed E-state index contributed by atoms with van der Waals surface area (Å²) in [6.45, 7) is 3.01. The standard InChI is InChI=1S/C17H24N2O4.ClH/c1-22-13-16(14-6-3-2-4-7-14)18-23-11-10-19-9-5-8-15(12-19)17(20)21;/h2-4,6-7,15H,5,8-13H2,1H3,(H,20,21);1H/b18-16+;/t15-;/m1./s1. The molecule has 0 aromatic heterocycles. The summed E-state index contributed by atoms with van der Waals surface area (Å²) in [5.74, 6) is -0.972. The first kappa shape index (κ1) is 20.4. The Kier molecular flexibility index (Phi) is 9.37. The van der Waals surface area contributed by atoms with Gasteiger partial charge in [0.15, 0.2) is 0 Å². The Bertz CT molecular complexity index is 525. The zero-order valence-electron chi connectivity index (χ0n) is 13.9. The van der Waals surface area contributed by atoms with E-state index in [0.29, 0.717) is 26.3 Å². The third kappa shape index (κ3) is 6.47. The van der Waals surface area contributed by atoms with E-state index in [1.165, 1.54) is 0 Å². The third-order valence-corrected chi connectivity index (χ3v) is 3.92. The number of methoxy groups -OCH3 is 1. The molecule has 1 heterocycles. The molecule has 1 aliphatic heterocycles. The van der Waals surface area contributed by atoms with E-state index in [1.807, 2.05) is 30.3 Å². The summed E-state index contributed by atoms with van der Waals surface area (Å²) < 4.78 is 5.16. The Morgan fingerprint density at radius 3 is 2.79 bits per heavy atom. The maximum atomic E-state index is 11.1. The van der Waals surface area contributed by atoms with Gasteiger partial charge in [0.05, 0.1) is 12.5 Å². The number of carboxylic acid groups (broad SMARTS) is 1. The van der Waals surface area contributed by atoms with Crippen LogP contribution < -0.4 is 0 Å². The molecule has 1 aliphatic rings. The molecule has 1 saturated heterocycles. The van der Waals surface area contributed by atoms with E-state index >= 15 is 0 Å². The molecule has 7 heteroatoms. The predicted octanol–water partition coefficient (Wildman–Crippen LogP) is 2.27. The van der Waals surface area contributed by atoms with E-state index in [4.69, 9.17) is 14.7 Å². The summed E-state index contributed by atoms with van der Waals surface area (Å²) in [6, 6.07) is 9.76. The second-order valence-electron chi connectivity index (χ2n) is 5.65. The smallest absolute Gasteiger partial charge is 0.307 e. The van der Waals surface area contributed by atoms with Gasteiger partial charge >= 0.3 is 5.97 Å². The minimum absolute atomic E-state index is 0. The normalized spacial score (nSPS) is 18.7. The Hall–Kier alpha value is -1.63. The van der Waals surface area contributed by atoms with Crippen LogP contribution in [0.15, 0.2) is 35.5 Å². The van der Waals surface area contributed by atoms with Gasteiger partial charge in [-0.3, -0.25) is 9.69 Å². The summed E-state index contributed by atoms with van der Waals surface area (Å²) >= 11 is 0. The fourth-order valence-electron chi connectivity index (χ4n) is 2.68. The lowest BCUT2D eigenvalue weighted by Crippen LogP contribution is -2.40. The molecule has 0 unspecified atom stereocenters. The molecule has 1 N–H and O–H groups in total. The van der Waals surface area contributed by atoms with E-state index in [1.54, 1.807) is 7.11 Å². The van der Waals surface area contributed by atoms with Crippen molar-refractivity contribution in [1.29, 1.82) is 0 Å². The lowest BCUT2D eigenvalue weighted by Gasteiger charge is -2.29. The fraction of sp³-hybridized carbons (Fsp3) is 0.529. The van der Waals surface area contributed by atoms with Gasteiger partial charge in [0, 0.05) is 25.8 Å². The molecule has 0 spiro atoms. The molecule has 0 aliphatic carbocycles. The molecule has 0 amide bonds. The quantitative estimate of drug-likeness (QED) is 0.439. The Morgan fingerprint density at radius 2 is 2.12 bits per heavy atom. The third-order valence-electron chi connectivity index (χ3n) is 3.92. The highest BCUT2D eigenvalue weighted by molar-refractivity contribution is 6.01. The van der Waals surface area contributed by atoms with Gasteiger partial charge in [-0.05, 0) is 19.4 Å². The number of aliphatic carboxylic acids is 1. The molecule has 1 fully saturated rings. The SMILES string of the molecule is COC/C(=N\OCCN1CCC[C@@H](C(=O)O)C1)c1ccccc1.Cl. The summed E-state index contributed by atoms with van der Waals surface area (Å²) in [4.78, 5) is 18.6. The van der Waals surface area contributed by atoms with E-state index < -0.39 is 5.97 Å². The number of rotatable bonds is 8. The predicted molar refractivity (Wildman–Crippen MR) is 94.9 cm³/mol. The first-order valence-electron chi connectivity index (χ1n) is 7.89. The van der Waals surface area contributed by atoms with Crippen LogP contribution in [0.1, 0.15) is 18.4 Å². The summed E-state index contributed by atoms with van der Waals surface area (Å²) in [5, 5.41) is 13.3. The molecule has 1 aromatic carbocycles. The maximum Gasteiger partial charge on any atom is 0.307 e. The van der Waals surface area contributed by atoms with Crippen molar-refractivity contribution in [3.05, 3.63) is 35.9 Å². The van der Waals surface area contributed by atoms with Crippen LogP contribution in [0.2, 0.25) is 0 Å². The number of carbonyl (C=O) groups is 1. The number of hydrogen-bond donors (Lipinski definition) is 1. The molecule has 0 bridgehead atoms. The zero-order chi connectivity index (χ0) is 16.5. The van der Waals surface area contributed by atoms with Crippen LogP contribution in [0.4, 0.5) is 0 Å². The number of likely N-dealkylation sites (tertiary alicyclic amines) is 1. The number of oxime groups is 1. The monoisotopic (exact) mass is 356 g/mol. The van der Waals surface area contributed by atoms with Gasteiger partial charge in [-0.1, -0.05) is 35.5 Å². The van der Waals surface area contributed by atoms with E-state index in [-0.39, 0.29) is 18.3 Å². The highest BCUT2D eigenvalue weighted by Gasteiger charge is 2.24. The van der Waals surface area contributed by atoms with E-state index in [9.17, 15) is 4.79 Å². The van der Waals surface area contributed by atoms with Crippen LogP contribution in [0, 0.1) is 5.92 Å². The number of halogens is 1. The van der Waals surface area contributed by atoms with Crippen molar-refractivity contribution in [2.24, 2.45) is 11.1 Å². The first-order chi connectivity index (χ1) is 11.2. The fourth-order valence-corrected chi connectivity index (χ4v) is 2.68. The Morgan fingerprint density at radius 1 is 1.38 bits per heavy atom. The van der Waals surface area contributed by atoms with Crippen LogP contribution in [0.25, 0.3) is 0 Å². The van der Waals surface area contributed by atoms with Crippen LogP contribution in [0.5, 0.6) is 0 Å².